The van der Waals surface area contributed by atoms with E-state index >= 15 is 0 Å². The largest absolute Gasteiger partial charge is 0.283 e. The van der Waals surface area contributed by atoms with Crippen LogP contribution >= 0.6 is 11.8 Å². The van der Waals surface area contributed by atoms with E-state index in [-0.39, 0.29) is 22.4 Å². The number of amides is 1. The second-order valence-electron chi connectivity index (χ2n) is 6.08. The van der Waals surface area contributed by atoms with Gasteiger partial charge in [-0.15, -0.1) is 5.10 Å². The van der Waals surface area contributed by atoms with Crippen LogP contribution in [0.15, 0.2) is 34.5 Å². The summed E-state index contributed by atoms with van der Waals surface area (Å²) in [6, 6.07) is 6.12. The Balaban J connectivity index is 2.23. The van der Waals surface area contributed by atoms with E-state index in [2.05, 4.69) is 10.2 Å². The summed E-state index contributed by atoms with van der Waals surface area (Å²) in [5.74, 6) is 0.00630. The quantitative estimate of drug-likeness (QED) is 0.483. The average molecular weight is 334 g/mol. The highest BCUT2D eigenvalue weighted by atomic mass is 32.2. The Bertz CT molecular complexity index is 694. The highest BCUT2D eigenvalue weighted by molar-refractivity contribution is 8.15. The van der Waals surface area contributed by atoms with Gasteiger partial charge in [0.2, 0.25) is 5.91 Å². The van der Waals surface area contributed by atoms with Crippen molar-refractivity contribution in [3.63, 3.8) is 0 Å². The molecule has 1 aromatic carbocycles. The van der Waals surface area contributed by atoms with E-state index in [0.717, 1.165) is 0 Å². The minimum atomic E-state index is -0.461. The third kappa shape index (κ3) is 3.95. The first-order valence-electron chi connectivity index (χ1n) is 7.06. The van der Waals surface area contributed by atoms with E-state index in [1.165, 1.54) is 30.1 Å². The van der Waals surface area contributed by atoms with Gasteiger partial charge >= 0.3 is 0 Å². The van der Waals surface area contributed by atoms with Crippen LogP contribution in [0.4, 0.5) is 5.69 Å². The minimum absolute atomic E-state index is 0.00281. The summed E-state index contributed by atoms with van der Waals surface area (Å²) >= 11 is 1.36. The van der Waals surface area contributed by atoms with Gasteiger partial charge in [0.1, 0.15) is 0 Å². The van der Waals surface area contributed by atoms with E-state index in [0.29, 0.717) is 10.7 Å². The number of non-ortho nitro benzene ring substituents is 1. The van der Waals surface area contributed by atoms with E-state index in [9.17, 15) is 14.9 Å². The summed E-state index contributed by atoms with van der Waals surface area (Å²) in [5.41, 5.74) is 0.194. The number of thioether (sulfide) groups is 1. The fourth-order valence-electron chi connectivity index (χ4n) is 2.09. The van der Waals surface area contributed by atoms with E-state index < -0.39 is 4.92 Å². The van der Waals surface area contributed by atoms with Gasteiger partial charge in [0.25, 0.3) is 5.69 Å². The van der Waals surface area contributed by atoms with Gasteiger partial charge in [0.05, 0.1) is 16.4 Å². The van der Waals surface area contributed by atoms with Crippen LogP contribution in [0.25, 0.3) is 0 Å². The normalized spacial score (nSPS) is 20.7. The molecular formula is C15H18N4O3S. The summed E-state index contributed by atoms with van der Waals surface area (Å²) < 4.78 is 0. The van der Waals surface area contributed by atoms with Crippen molar-refractivity contribution in [2.24, 2.45) is 10.2 Å². The monoisotopic (exact) mass is 334 g/mol. The average Bonchev–Trinajstić information content (AvgIpc) is 2.74. The number of carbonyl (C=O) groups excluding carboxylic acids is 1. The first-order chi connectivity index (χ1) is 10.7. The highest BCUT2D eigenvalue weighted by Crippen LogP contribution is 2.32. The Hall–Kier alpha value is -2.22. The number of carbonyl (C=O) groups is 1. The lowest BCUT2D eigenvalue weighted by Gasteiger charge is -2.30. The number of hydrogen-bond donors (Lipinski definition) is 0. The molecule has 0 radical (unpaired) electrons. The Labute approximate surface area is 138 Å². The summed E-state index contributed by atoms with van der Waals surface area (Å²) in [7, 11) is 0. The van der Waals surface area contributed by atoms with Crippen molar-refractivity contribution >= 4 is 34.7 Å². The first-order valence-corrected chi connectivity index (χ1v) is 7.94. The fourth-order valence-corrected chi connectivity index (χ4v) is 3.17. The molecule has 1 amide bonds. The highest BCUT2D eigenvalue weighted by Gasteiger charge is 2.41. The number of nitrogens with zero attached hydrogens (tertiary/aromatic N) is 4. The molecule has 1 aromatic rings. The lowest BCUT2D eigenvalue weighted by Crippen LogP contribution is -2.45. The number of benzene rings is 1. The molecule has 122 valence electrons. The smallest absolute Gasteiger partial charge is 0.270 e. The second-order valence-corrected chi connectivity index (χ2v) is 7.39. The standard InChI is InChI=1S/C15H18N4O3S/c1-10-13(20)18(15(2,3)4)14(23-10)17-16-9-11-6-5-7-12(8-11)19(21)22/h5-10H,1-4H3/b16-9-,17-14+/t10-/m1/s1. The molecule has 1 fully saturated rings. The molecule has 1 heterocycles. The van der Waals surface area contributed by atoms with Gasteiger partial charge in [-0.3, -0.25) is 19.8 Å². The molecule has 0 N–H and O–H groups in total. The molecule has 23 heavy (non-hydrogen) atoms. The molecule has 1 aliphatic rings. The van der Waals surface area contributed by atoms with Crippen molar-refractivity contribution in [2.45, 2.75) is 38.5 Å². The third-order valence-corrected chi connectivity index (χ3v) is 4.17. The van der Waals surface area contributed by atoms with Gasteiger partial charge < -0.3 is 0 Å². The molecule has 0 saturated carbocycles. The number of rotatable bonds is 3. The maximum Gasteiger partial charge on any atom is 0.270 e. The molecular weight excluding hydrogens is 316 g/mol. The molecule has 0 aromatic heterocycles. The third-order valence-electron chi connectivity index (χ3n) is 3.14. The van der Waals surface area contributed by atoms with Gasteiger partial charge in [0.15, 0.2) is 5.17 Å². The van der Waals surface area contributed by atoms with Crippen LogP contribution in [-0.2, 0) is 4.79 Å². The van der Waals surface area contributed by atoms with Crippen molar-refractivity contribution in [1.82, 2.24) is 4.90 Å². The van der Waals surface area contributed by atoms with Crippen LogP contribution in [0, 0.1) is 10.1 Å². The molecule has 0 bridgehead atoms. The van der Waals surface area contributed by atoms with Crippen molar-refractivity contribution in [2.75, 3.05) is 0 Å². The predicted molar refractivity (Wildman–Crippen MR) is 91.8 cm³/mol. The van der Waals surface area contributed by atoms with Gasteiger partial charge in [-0.05, 0) is 27.7 Å². The zero-order valence-electron chi connectivity index (χ0n) is 13.4. The fraction of sp³-hybridized carbons (Fsp3) is 0.400. The molecule has 0 unspecified atom stereocenters. The molecule has 1 atom stereocenters. The molecule has 7 nitrogen and oxygen atoms in total. The van der Waals surface area contributed by atoms with E-state index in [1.54, 1.807) is 17.0 Å². The van der Waals surface area contributed by atoms with Gasteiger partial charge in [-0.1, -0.05) is 23.9 Å². The lowest BCUT2D eigenvalue weighted by atomic mass is 10.1. The Morgan fingerprint density at radius 1 is 1.39 bits per heavy atom. The van der Waals surface area contributed by atoms with Crippen molar-refractivity contribution in [3.05, 3.63) is 39.9 Å². The van der Waals surface area contributed by atoms with Crippen LogP contribution in [0.2, 0.25) is 0 Å². The molecule has 1 aliphatic heterocycles. The molecule has 0 aliphatic carbocycles. The number of nitro groups is 1. The number of hydrogen-bond acceptors (Lipinski definition) is 6. The molecule has 2 rings (SSSR count). The van der Waals surface area contributed by atoms with Crippen LogP contribution in [0.5, 0.6) is 0 Å². The summed E-state index contributed by atoms with van der Waals surface area (Å²) in [6.07, 6.45) is 1.44. The van der Waals surface area contributed by atoms with E-state index in [4.69, 9.17) is 0 Å². The van der Waals surface area contributed by atoms with Crippen LogP contribution in [-0.4, -0.2) is 37.9 Å². The van der Waals surface area contributed by atoms with Crippen LogP contribution in [0.3, 0.4) is 0 Å². The van der Waals surface area contributed by atoms with Crippen molar-refractivity contribution in [1.29, 1.82) is 0 Å². The Morgan fingerprint density at radius 3 is 2.70 bits per heavy atom. The minimum Gasteiger partial charge on any atom is -0.283 e. The van der Waals surface area contributed by atoms with Gasteiger partial charge in [-0.25, -0.2) is 0 Å². The number of nitro benzene ring substituents is 1. The van der Waals surface area contributed by atoms with Crippen LogP contribution in [0.1, 0.15) is 33.3 Å². The maximum absolute atomic E-state index is 12.2. The summed E-state index contributed by atoms with van der Waals surface area (Å²) in [6.45, 7) is 7.63. The lowest BCUT2D eigenvalue weighted by molar-refractivity contribution is -0.384. The number of amidine groups is 1. The zero-order valence-corrected chi connectivity index (χ0v) is 14.2. The predicted octanol–water partition coefficient (Wildman–Crippen LogP) is 3.05. The Morgan fingerprint density at radius 2 is 2.09 bits per heavy atom. The second kappa shape index (κ2) is 6.49. The Kier molecular flexibility index (Phi) is 4.84. The molecule has 0 spiro atoms. The maximum atomic E-state index is 12.2. The molecule has 1 saturated heterocycles. The topological polar surface area (TPSA) is 88.2 Å². The summed E-state index contributed by atoms with van der Waals surface area (Å²) in [4.78, 5) is 24.1. The van der Waals surface area contributed by atoms with Gasteiger partial charge in [-0.2, -0.15) is 5.10 Å². The van der Waals surface area contributed by atoms with Crippen molar-refractivity contribution in [3.8, 4) is 0 Å². The molecule has 8 heteroatoms. The van der Waals surface area contributed by atoms with E-state index in [1.807, 2.05) is 27.7 Å². The van der Waals surface area contributed by atoms with Crippen molar-refractivity contribution < 1.29 is 9.72 Å². The SMILES string of the molecule is C[C@H]1S/C(=N/N=C\c2cccc([N+](=O)[O-])c2)N(C(C)(C)C)C1=O. The summed E-state index contributed by atoms with van der Waals surface area (Å²) in [5, 5.41) is 19.2. The van der Waals surface area contributed by atoms with Gasteiger partial charge in [0, 0.05) is 23.2 Å². The first kappa shape index (κ1) is 17.1. The zero-order chi connectivity index (χ0) is 17.2. The van der Waals surface area contributed by atoms with Crippen LogP contribution < -0.4 is 0 Å².